The molecule has 1 rings (SSSR count). The third kappa shape index (κ3) is 1.52. The van der Waals surface area contributed by atoms with Gasteiger partial charge in [0, 0.05) is 23.3 Å². The molecule has 0 bridgehead atoms. The van der Waals surface area contributed by atoms with Gasteiger partial charge in [-0.1, -0.05) is 0 Å². The first-order valence-electron chi connectivity index (χ1n) is 1.60. The zero-order valence-corrected chi connectivity index (χ0v) is 7.12. The summed E-state index contributed by atoms with van der Waals surface area (Å²) in [5.74, 6) is 0. The summed E-state index contributed by atoms with van der Waals surface area (Å²) in [5, 5.41) is 0. The van der Waals surface area contributed by atoms with E-state index >= 15 is 0 Å². The molecular formula is CH2OSi4. The minimum atomic E-state index is 0.849. The molecule has 0 unspecified atom stereocenters. The van der Waals surface area contributed by atoms with Crippen molar-refractivity contribution in [3.05, 3.63) is 0 Å². The molecule has 0 aliphatic carbocycles. The molecule has 0 N–H and O–H groups in total. The van der Waals surface area contributed by atoms with E-state index in [-0.39, 0.29) is 0 Å². The second-order valence-corrected chi connectivity index (χ2v) is 10.1. The highest BCUT2D eigenvalue weighted by molar-refractivity contribution is 7.44. The van der Waals surface area contributed by atoms with Crippen LogP contribution in [0.4, 0.5) is 0 Å². The zero-order valence-electron chi connectivity index (χ0n) is 3.12. The van der Waals surface area contributed by atoms with Crippen LogP contribution in [0.25, 0.3) is 0 Å². The van der Waals surface area contributed by atoms with Crippen LogP contribution >= 0.6 is 0 Å². The third-order valence-corrected chi connectivity index (χ3v) is 10.8. The smallest absolute Gasteiger partial charge is 0.201 e. The van der Waals surface area contributed by atoms with Gasteiger partial charge < -0.3 is 4.43 Å². The summed E-state index contributed by atoms with van der Waals surface area (Å²) >= 11 is 0. The fourth-order valence-electron chi connectivity index (χ4n) is 0.214. The summed E-state index contributed by atoms with van der Waals surface area (Å²) in [6, 6.07) is 0. The predicted octanol–water partition coefficient (Wildman–Crippen LogP) is -1.55. The van der Waals surface area contributed by atoms with Crippen molar-refractivity contribution in [3.63, 3.8) is 0 Å². The van der Waals surface area contributed by atoms with Gasteiger partial charge in [0.05, 0.1) is 9.04 Å². The molecule has 28 valence electrons. The maximum atomic E-state index is 5.13. The molecule has 5 heteroatoms. The summed E-state index contributed by atoms with van der Waals surface area (Å²) in [7, 11) is 4.37. The van der Waals surface area contributed by atoms with Crippen molar-refractivity contribution in [2.45, 2.75) is 0 Å². The fraction of sp³-hybridized carbons (Fsp3) is 1.00. The molecule has 0 aromatic carbocycles. The molecular weight excluding hydrogens is 140 g/mol. The van der Waals surface area contributed by atoms with Crippen molar-refractivity contribution in [3.8, 4) is 0 Å². The van der Waals surface area contributed by atoms with E-state index in [9.17, 15) is 0 Å². The second-order valence-electron chi connectivity index (χ2n) is 0.818. The molecule has 0 amide bonds. The lowest BCUT2D eigenvalue weighted by atomic mass is 11.7. The Labute approximate surface area is 46.6 Å². The Morgan fingerprint density at radius 3 is 2.50 bits per heavy atom. The Hall–Kier alpha value is 0.828. The summed E-state index contributed by atoms with van der Waals surface area (Å²) in [6.45, 7) is 0. The van der Waals surface area contributed by atoms with Crippen molar-refractivity contribution in [2.75, 3.05) is 6.23 Å². The minimum absolute atomic E-state index is 0.849. The lowest BCUT2D eigenvalue weighted by Gasteiger charge is -2.04. The Balaban J connectivity index is 2.00. The van der Waals surface area contributed by atoms with Gasteiger partial charge in [0.2, 0.25) is 9.28 Å². The second kappa shape index (κ2) is 2.91. The zero-order chi connectivity index (χ0) is 4.24. The molecule has 0 aromatic rings. The van der Waals surface area contributed by atoms with E-state index in [1.165, 1.54) is 8.55 Å². The molecule has 0 saturated carbocycles. The fourth-order valence-corrected chi connectivity index (χ4v) is 9.54. The van der Waals surface area contributed by atoms with E-state index in [0.29, 0.717) is 0 Å². The number of hydrogen-bond acceptors (Lipinski definition) is 1. The minimum Gasteiger partial charge on any atom is -0.426 e. The molecule has 6 heavy (non-hydrogen) atoms. The van der Waals surface area contributed by atoms with E-state index in [1.54, 1.807) is 0 Å². The van der Waals surface area contributed by atoms with Crippen molar-refractivity contribution in [1.82, 2.24) is 0 Å². The average Bonchev–Trinajstić information content (AvgIpc) is 1.72. The van der Waals surface area contributed by atoms with E-state index in [0.717, 1.165) is 33.1 Å². The van der Waals surface area contributed by atoms with Gasteiger partial charge in [0.15, 0.2) is 0 Å². The van der Waals surface area contributed by atoms with Gasteiger partial charge in [-0.15, -0.1) is 0 Å². The van der Waals surface area contributed by atoms with Crippen molar-refractivity contribution >= 4 is 35.4 Å². The highest BCUT2D eigenvalue weighted by Gasteiger charge is 2.00. The molecule has 0 aromatic heterocycles. The lowest BCUT2D eigenvalue weighted by Crippen LogP contribution is -2.31. The maximum absolute atomic E-state index is 5.13. The molecule has 1 fully saturated rings. The number of hydrogen-bond donors (Lipinski definition) is 0. The SMILES string of the molecule is C1O[Si][Si][Si][Si]1. The van der Waals surface area contributed by atoms with Crippen LogP contribution in [-0.2, 0) is 4.43 Å². The average molecular weight is 142 g/mol. The van der Waals surface area contributed by atoms with Gasteiger partial charge in [-0.25, -0.2) is 0 Å². The monoisotopic (exact) mass is 142 g/mol. The van der Waals surface area contributed by atoms with Gasteiger partial charge >= 0.3 is 0 Å². The Morgan fingerprint density at radius 1 is 1.33 bits per heavy atom. The van der Waals surface area contributed by atoms with E-state index < -0.39 is 0 Å². The van der Waals surface area contributed by atoms with Crippen molar-refractivity contribution in [1.29, 1.82) is 0 Å². The van der Waals surface area contributed by atoms with Crippen LogP contribution in [0, 0.1) is 0 Å². The molecule has 1 heterocycles. The van der Waals surface area contributed by atoms with Crippen LogP contribution in [0.5, 0.6) is 0 Å². The molecule has 8 radical (unpaired) electrons. The highest BCUT2D eigenvalue weighted by Crippen LogP contribution is 1.72. The standard InChI is InChI=1S/CH2OSi4/c1-2-4-6-5-3-1/h1H2. The van der Waals surface area contributed by atoms with Crippen LogP contribution in [0.15, 0.2) is 0 Å². The maximum Gasteiger partial charge on any atom is 0.201 e. The van der Waals surface area contributed by atoms with Crippen LogP contribution in [0.3, 0.4) is 0 Å². The molecule has 1 aliphatic heterocycles. The number of rotatable bonds is 0. The van der Waals surface area contributed by atoms with Crippen LogP contribution in [-0.4, -0.2) is 41.7 Å². The first kappa shape index (κ1) is 4.97. The van der Waals surface area contributed by atoms with Gasteiger partial charge in [-0.05, 0) is 0 Å². The van der Waals surface area contributed by atoms with E-state index in [2.05, 4.69) is 0 Å². The van der Waals surface area contributed by atoms with Gasteiger partial charge in [-0.2, -0.15) is 0 Å². The summed E-state index contributed by atoms with van der Waals surface area (Å²) in [4.78, 5) is 0. The van der Waals surface area contributed by atoms with Gasteiger partial charge in [0.25, 0.3) is 0 Å². The largest absolute Gasteiger partial charge is 0.426 e. The Kier molecular flexibility index (Phi) is 2.42. The van der Waals surface area contributed by atoms with E-state index in [1.807, 2.05) is 0 Å². The van der Waals surface area contributed by atoms with Gasteiger partial charge in [-0.3, -0.25) is 0 Å². The van der Waals surface area contributed by atoms with Crippen molar-refractivity contribution in [2.24, 2.45) is 0 Å². The Morgan fingerprint density at radius 2 is 2.33 bits per heavy atom. The highest BCUT2D eigenvalue weighted by atomic mass is 29.7. The first-order chi connectivity index (χ1) is 3.00. The predicted molar refractivity (Wildman–Crippen MR) is 29.0 cm³/mol. The molecule has 1 nitrogen and oxygen atoms in total. The molecule has 1 aliphatic rings. The van der Waals surface area contributed by atoms with Crippen molar-refractivity contribution < 1.29 is 4.43 Å². The van der Waals surface area contributed by atoms with Crippen LogP contribution in [0.2, 0.25) is 0 Å². The quantitative estimate of drug-likeness (QED) is 0.372. The summed E-state index contributed by atoms with van der Waals surface area (Å²) in [6.07, 6.45) is 1.06. The lowest BCUT2D eigenvalue weighted by molar-refractivity contribution is 0.421. The summed E-state index contributed by atoms with van der Waals surface area (Å²) in [5.41, 5.74) is 0. The summed E-state index contributed by atoms with van der Waals surface area (Å²) < 4.78 is 5.13. The third-order valence-electron chi connectivity index (χ3n) is 0.418. The van der Waals surface area contributed by atoms with E-state index in [4.69, 9.17) is 4.43 Å². The van der Waals surface area contributed by atoms with Crippen LogP contribution < -0.4 is 0 Å². The van der Waals surface area contributed by atoms with Gasteiger partial charge in [0.1, 0.15) is 0 Å². The topological polar surface area (TPSA) is 9.23 Å². The normalized spacial score (nSPS) is 24.0. The first-order valence-corrected chi connectivity index (χ1v) is 8.71. The molecule has 1 saturated heterocycles. The molecule has 0 atom stereocenters. The molecule has 0 spiro atoms. The van der Waals surface area contributed by atoms with Crippen LogP contribution in [0.1, 0.15) is 0 Å². The Bertz CT molecular complexity index is 23.0.